The molecule has 186 valence electrons. The van der Waals surface area contributed by atoms with Crippen LogP contribution < -0.4 is 4.74 Å². The van der Waals surface area contributed by atoms with Crippen molar-refractivity contribution >= 4 is 0 Å². The Morgan fingerprint density at radius 2 is 1.31 bits per heavy atom. The van der Waals surface area contributed by atoms with Crippen LogP contribution in [0.1, 0.15) is 55.2 Å². The summed E-state index contributed by atoms with van der Waals surface area (Å²) in [7, 11) is 0. The van der Waals surface area contributed by atoms with Gasteiger partial charge in [0.25, 0.3) is 0 Å². The van der Waals surface area contributed by atoms with Gasteiger partial charge in [0.15, 0.2) is 34.8 Å². The van der Waals surface area contributed by atoms with Crippen LogP contribution in [0.4, 0.5) is 26.3 Å². The maximum Gasteiger partial charge on any atom is 0.200 e. The molecule has 0 heterocycles. The predicted molar refractivity (Wildman–Crippen MR) is 122 cm³/mol. The molecule has 1 aliphatic rings. The van der Waals surface area contributed by atoms with E-state index >= 15 is 0 Å². The van der Waals surface area contributed by atoms with Crippen molar-refractivity contribution in [3.05, 3.63) is 88.0 Å². The van der Waals surface area contributed by atoms with Crippen molar-refractivity contribution < 1.29 is 31.1 Å². The van der Waals surface area contributed by atoms with Crippen LogP contribution in [-0.4, -0.2) is 6.61 Å². The Bertz CT molecular complexity index is 1230. The summed E-state index contributed by atoms with van der Waals surface area (Å²) >= 11 is 0. The van der Waals surface area contributed by atoms with Crippen molar-refractivity contribution in [1.29, 1.82) is 0 Å². The maximum absolute atomic E-state index is 15.0. The second-order valence-electron chi connectivity index (χ2n) is 9.12. The van der Waals surface area contributed by atoms with Crippen molar-refractivity contribution in [1.82, 2.24) is 0 Å². The number of benzene rings is 3. The summed E-state index contributed by atoms with van der Waals surface area (Å²) in [5, 5.41) is 0. The van der Waals surface area contributed by atoms with Crippen molar-refractivity contribution in [2.24, 2.45) is 5.92 Å². The molecular weight excluding hydrogens is 466 g/mol. The van der Waals surface area contributed by atoms with Crippen LogP contribution in [0.2, 0.25) is 0 Å². The highest BCUT2D eigenvalue weighted by Crippen LogP contribution is 2.40. The lowest BCUT2D eigenvalue weighted by atomic mass is 9.78. The summed E-state index contributed by atoms with van der Waals surface area (Å²) in [4.78, 5) is 0. The van der Waals surface area contributed by atoms with E-state index in [0.717, 1.165) is 0 Å². The van der Waals surface area contributed by atoms with E-state index in [1.807, 2.05) is 0 Å². The topological polar surface area (TPSA) is 9.23 Å². The first-order valence-corrected chi connectivity index (χ1v) is 11.7. The second kappa shape index (κ2) is 10.3. The van der Waals surface area contributed by atoms with Crippen LogP contribution in [0.25, 0.3) is 11.1 Å². The van der Waals surface area contributed by atoms with E-state index in [1.165, 1.54) is 43.3 Å². The first-order chi connectivity index (χ1) is 16.7. The summed E-state index contributed by atoms with van der Waals surface area (Å²) in [5.74, 6) is -6.78. The minimum absolute atomic E-state index is 0.0661. The van der Waals surface area contributed by atoms with Gasteiger partial charge in [-0.2, -0.15) is 4.39 Å². The van der Waals surface area contributed by atoms with Gasteiger partial charge < -0.3 is 4.74 Å². The van der Waals surface area contributed by atoms with Gasteiger partial charge in [-0.3, -0.25) is 0 Å². The molecule has 0 N–H and O–H groups in total. The van der Waals surface area contributed by atoms with Gasteiger partial charge in [-0.05, 0) is 73.6 Å². The predicted octanol–water partition coefficient (Wildman–Crippen LogP) is 8.41. The molecule has 0 unspecified atom stereocenters. The first-order valence-electron chi connectivity index (χ1n) is 11.7. The molecule has 7 heteroatoms. The molecule has 4 rings (SSSR count). The number of ether oxygens (including phenoxy) is 1. The van der Waals surface area contributed by atoms with Gasteiger partial charge in [0, 0.05) is 11.1 Å². The Labute approximate surface area is 200 Å². The highest BCUT2D eigenvalue weighted by molar-refractivity contribution is 5.66. The van der Waals surface area contributed by atoms with E-state index in [9.17, 15) is 26.3 Å². The smallest absolute Gasteiger partial charge is 0.200 e. The van der Waals surface area contributed by atoms with Crippen LogP contribution in [0.15, 0.2) is 36.4 Å². The molecule has 3 aromatic carbocycles. The van der Waals surface area contributed by atoms with E-state index in [-0.39, 0.29) is 58.4 Å². The number of hydrogen-bond donors (Lipinski definition) is 0. The van der Waals surface area contributed by atoms with Crippen molar-refractivity contribution in [3.8, 4) is 16.9 Å². The van der Waals surface area contributed by atoms with E-state index in [1.54, 1.807) is 6.92 Å². The van der Waals surface area contributed by atoms with Gasteiger partial charge >= 0.3 is 0 Å². The summed E-state index contributed by atoms with van der Waals surface area (Å²) in [6, 6.07) is 8.21. The van der Waals surface area contributed by atoms with Gasteiger partial charge in [-0.25, -0.2) is 22.0 Å². The van der Waals surface area contributed by atoms with E-state index in [0.29, 0.717) is 25.7 Å². The lowest BCUT2D eigenvalue weighted by Crippen LogP contribution is -2.20. The van der Waals surface area contributed by atoms with E-state index in [2.05, 4.69) is 0 Å². The van der Waals surface area contributed by atoms with Gasteiger partial charge in [0.2, 0.25) is 5.82 Å². The lowest BCUT2D eigenvalue weighted by molar-refractivity contribution is 0.191. The summed E-state index contributed by atoms with van der Waals surface area (Å²) in [6.45, 7) is 3.34. The normalized spacial score (nSPS) is 18.1. The number of aryl methyl sites for hydroxylation is 2. The fourth-order valence-electron chi connectivity index (χ4n) is 4.75. The summed E-state index contributed by atoms with van der Waals surface area (Å²) in [5.41, 5.74) is -0.0763. The highest BCUT2D eigenvalue weighted by Gasteiger charge is 2.28. The maximum atomic E-state index is 15.0. The molecular formula is C28H26F6O. The Hall–Kier alpha value is -2.96. The third-order valence-corrected chi connectivity index (χ3v) is 6.95. The zero-order valence-corrected chi connectivity index (χ0v) is 19.5. The van der Waals surface area contributed by atoms with Gasteiger partial charge in [0.1, 0.15) is 0 Å². The third kappa shape index (κ3) is 4.91. The molecule has 1 saturated carbocycles. The van der Waals surface area contributed by atoms with E-state index in [4.69, 9.17) is 4.74 Å². The number of rotatable bonds is 6. The quantitative estimate of drug-likeness (QED) is 0.314. The van der Waals surface area contributed by atoms with Crippen LogP contribution in [-0.2, 0) is 6.42 Å². The molecule has 0 radical (unpaired) electrons. The van der Waals surface area contributed by atoms with Crippen molar-refractivity contribution in [2.45, 2.75) is 51.9 Å². The first kappa shape index (κ1) is 25.1. The van der Waals surface area contributed by atoms with Crippen LogP contribution in [0.5, 0.6) is 5.75 Å². The molecule has 3 aromatic rings. The summed E-state index contributed by atoms with van der Waals surface area (Å²) < 4.78 is 91.8. The zero-order valence-electron chi connectivity index (χ0n) is 19.5. The Morgan fingerprint density at radius 3 is 1.97 bits per heavy atom. The van der Waals surface area contributed by atoms with Gasteiger partial charge in [-0.15, -0.1) is 0 Å². The Kier molecular flexibility index (Phi) is 7.43. The minimum atomic E-state index is -1.20. The largest absolute Gasteiger partial charge is 0.490 e. The molecule has 0 bridgehead atoms. The second-order valence-corrected chi connectivity index (χ2v) is 9.12. The molecule has 0 saturated heterocycles. The van der Waals surface area contributed by atoms with Gasteiger partial charge in [0.05, 0.1) is 6.61 Å². The number of halogens is 6. The fourth-order valence-corrected chi connectivity index (χ4v) is 4.75. The fraction of sp³-hybridized carbons (Fsp3) is 0.357. The lowest BCUT2D eigenvalue weighted by Gasteiger charge is -2.29. The molecule has 1 fully saturated rings. The van der Waals surface area contributed by atoms with E-state index < -0.39 is 34.9 Å². The zero-order chi connectivity index (χ0) is 25.3. The number of hydrogen-bond acceptors (Lipinski definition) is 1. The van der Waals surface area contributed by atoms with Crippen molar-refractivity contribution in [3.63, 3.8) is 0 Å². The van der Waals surface area contributed by atoms with Crippen LogP contribution in [0, 0.1) is 47.7 Å². The average Bonchev–Trinajstić information content (AvgIpc) is 2.86. The average molecular weight is 493 g/mol. The highest BCUT2D eigenvalue weighted by atomic mass is 19.2. The molecule has 0 atom stereocenters. The molecule has 1 aliphatic carbocycles. The Balaban J connectivity index is 1.44. The van der Waals surface area contributed by atoms with Crippen molar-refractivity contribution in [2.75, 3.05) is 6.61 Å². The standard InChI is InChI=1S/C28H26F6O/c1-3-17-9-10-20(26(32)24(17)30)21-12-11-19(25(31)27(21)33)18-7-5-16(6-8-18)14-35-22-13-4-15(2)23(29)28(22)34/h4,9-13,16,18H,3,5-8,14H2,1-2H3. The van der Waals surface area contributed by atoms with Gasteiger partial charge in [-0.1, -0.05) is 37.3 Å². The molecule has 0 aromatic heterocycles. The molecule has 0 aliphatic heterocycles. The minimum Gasteiger partial charge on any atom is -0.490 e. The molecule has 0 spiro atoms. The summed E-state index contributed by atoms with van der Waals surface area (Å²) in [6.07, 6.45) is 2.68. The molecule has 0 amide bonds. The van der Waals surface area contributed by atoms with Crippen LogP contribution >= 0.6 is 0 Å². The SMILES string of the molecule is CCc1ccc(-c2ccc(C3CCC(COc4ccc(C)c(F)c4F)CC3)c(F)c2F)c(F)c1F. The molecule has 1 nitrogen and oxygen atoms in total. The third-order valence-electron chi connectivity index (χ3n) is 6.95. The Morgan fingerprint density at radius 1 is 0.686 bits per heavy atom. The monoisotopic (exact) mass is 492 g/mol. The van der Waals surface area contributed by atoms with Crippen LogP contribution in [0.3, 0.4) is 0 Å². The molecule has 35 heavy (non-hydrogen) atoms.